The molecule has 13 rings (SSSR count). The van der Waals surface area contributed by atoms with Gasteiger partial charge in [0.25, 0.3) is 0 Å². The van der Waals surface area contributed by atoms with E-state index in [2.05, 4.69) is 19.7 Å². The summed E-state index contributed by atoms with van der Waals surface area (Å²) in [6.45, 7) is 16.9. The summed E-state index contributed by atoms with van der Waals surface area (Å²) >= 11 is 0. The highest BCUT2D eigenvalue weighted by molar-refractivity contribution is 5.89. The zero-order valence-corrected chi connectivity index (χ0v) is 40.0. The third-order valence-electron chi connectivity index (χ3n) is 16.4. The number of aliphatic hydroxyl groups is 2. The Kier molecular flexibility index (Phi) is 14.2. The fourth-order valence-electron chi connectivity index (χ4n) is 14.0. The smallest absolute Gasteiger partial charge is 0.347 e. The number of rotatable bonds is 10. The summed E-state index contributed by atoms with van der Waals surface area (Å²) in [4.78, 5) is 84.0. The first kappa shape index (κ1) is 49.8. The molecular weight excluding hydrogens is 881 g/mol. The van der Waals surface area contributed by atoms with Crippen molar-refractivity contribution in [1.82, 2.24) is 0 Å². The number of carbonyl (C=O) groups excluding carboxylic acids is 7. The van der Waals surface area contributed by atoms with Gasteiger partial charge >= 0.3 is 41.8 Å². The van der Waals surface area contributed by atoms with Gasteiger partial charge in [-0.05, 0) is 142 Å². The molecule has 13 unspecified atom stereocenters. The predicted molar refractivity (Wildman–Crippen MR) is 239 cm³/mol. The van der Waals surface area contributed by atoms with Crippen molar-refractivity contribution in [3.8, 4) is 0 Å². The Morgan fingerprint density at radius 1 is 0.603 bits per heavy atom. The van der Waals surface area contributed by atoms with Crippen molar-refractivity contribution >= 4 is 41.8 Å². The average molecular weight is 951 g/mol. The molecule has 13 aliphatic rings. The molecule has 0 radical (unpaired) electrons. The molecule has 16 nitrogen and oxygen atoms in total. The molecule has 0 amide bonds. The molecule has 2 N–H and O–H groups in total. The largest absolute Gasteiger partial charge is 0.459 e. The first-order chi connectivity index (χ1) is 32.0. The second-order valence-corrected chi connectivity index (χ2v) is 22.6. The Labute approximate surface area is 398 Å². The van der Waals surface area contributed by atoms with Gasteiger partial charge in [-0.2, -0.15) is 0 Å². The van der Waals surface area contributed by atoms with Crippen LogP contribution in [0.5, 0.6) is 0 Å². The van der Waals surface area contributed by atoms with E-state index in [0.29, 0.717) is 74.3 Å². The highest BCUT2D eigenvalue weighted by atomic mass is 16.6. The zero-order chi connectivity index (χ0) is 49.0. The molecule has 9 saturated carbocycles. The fourth-order valence-corrected chi connectivity index (χ4v) is 14.0. The third-order valence-corrected chi connectivity index (χ3v) is 16.4. The first-order valence-corrected chi connectivity index (χ1v) is 24.9. The van der Waals surface area contributed by atoms with E-state index in [0.717, 1.165) is 64.2 Å². The van der Waals surface area contributed by atoms with Gasteiger partial charge in [0.15, 0.2) is 6.10 Å². The zero-order valence-electron chi connectivity index (χ0n) is 40.0. The molecule has 0 aromatic carbocycles. The van der Waals surface area contributed by atoms with Crippen LogP contribution < -0.4 is 0 Å². The summed E-state index contributed by atoms with van der Waals surface area (Å²) in [6, 6.07) is 0. The second kappa shape index (κ2) is 19.3. The molecule has 0 aromatic heterocycles. The molecule has 0 aromatic rings. The lowest BCUT2D eigenvalue weighted by Crippen LogP contribution is -2.66. The van der Waals surface area contributed by atoms with Crippen LogP contribution in [-0.4, -0.2) is 105 Å². The van der Waals surface area contributed by atoms with Gasteiger partial charge in [0.2, 0.25) is 0 Å². The first-order valence-electron chi connectivity index (χ1n) is 24.9. The van der Waals surface area contributed by atoms with E-state index < -0.39 is 46.9 Å². The minimum Gasteiger partial charge on any atom is -0.459 e. The number of ether oxygens (including phenoxy) is 7. The van der Waals surface area contributed by atoms with Crippen LogP contribution in [0.25, 0.3) is 0 Å². The normalized spacial score (nSPS) is 41.1. The maximum absolute atomic E-state index is 12.7. The summed E-state index contributed by atoms with van der Waals surface area (Å²) in [7, 11) is 0. The van der Waals surface area contributed by atoms with Gasteiger partial charge in [-0.1, -0.05) is 19.7 Å². The minimum absolute atomic E-state index is 0.0131. The highest BCUT2D eigenvalue weighted by Crippen LogP contribution is 2.60. The van der Waals surface area contributed by atoms with Crippen molar-refractivity contribution in [2.24, 2.45) is 47.3 Å². The summed E-state index contributed by atoms with van der Waals surface area (Å²) in [6.07, 6.45) is 10.5. The number of esters is 7. The average Bonchev–Trinajstić information content (AvgIpc) is 3.51. The monoisotopic (exact) mass is 950 g/mol. The van der Waals surface area contributed by atoms with Crippen LogP contribution in [-0.2, 0) is 66.7 Å². The van der Waals surface area contributed by atoms with Crippen LogP contribution in [0.1, 0.15) is 143 Å². The Morgan fingerprint density at radius 3 is 1.59 bits per heavy atom. The van der Waals surface area contributed by atoms with Gasteiger partial charge in [0.05, 0.1) is 29.0 Å². The van der Waals surface area contributed by atoms with Crippen molar-refractivity contribution < 1.29 is 76.9 Å². The SMILES string of the molecule is C=C(C)C(=O)OC(C)C(=O)OC1C2CC3CC(C2)C(=O)OC1C3.C=C(C)C(=O)OC12CC3CC(O)(CC(O)(C3)C1)C2.C=C(C)C(=O)OC1CCC(C(=O)OC2C3CC4CC(C3)C(=O)OC2C4)CC1. The predicted octanol–water partition coefficient (Wildman–Crippen LogP) is 6.01. The molecular formula is C52H70O16. The van der Waals surface area contributed by atoms with Gasteiger partial charge in [0, 0.05) is 47.8 Å². The molecule has 13 fully saturated rings. The molecule has 4 aliphatic heterocycles. The fraction of sp³-hybridized carbons (Fsp3) is 0.750. The summed E-state index contributed by atoms with van der Waals surface area (Å²) in [5.74, 6) is -1.05. The maximum atomic E-state index is 12.7. The Morgan fingerprint density at radius 2 is 1.10 bits per heavy atom. The molecule has 12 bridgehead atoms. The van der Waals surface area contributed by atoms with Gasteiger partial charge in [0.1, 0.15) is 36.1 Å². The van der Waals surface area contributed by atoms with Crippen LogP contribution >= 0.6 is 0 Å². The lowest BCUT2D eigenvalue weighted by molar-refractivity contribution is -0.260. The molecule has 16 heteroatoms. The van der Waals surface area contributed by atoms with Crippen molar-refractivity contribution in [3.05, 3.63) is 36.5 Å². The van der Waals surface area contributed by atoms with E-state index in [4.69, 9.17) is 33.2 Å². The molecule has 4 heterocycles. The maximum Gasteiger partial charge on any atom is 0.347 e. The Bertz CT molecular complexity index is 2070. The van der Waals surface area contributed by atoms with E-state index in [9.17, 15) is 43.8 Å². The molecule has 374 valence electrons. The summed E-state index contributed by atoms with van der Waals surface area (Å²) < 4.78 is 38.6. The Hall–Kier alpha value is -4.57. The topological polar surface area (TPSA) is 225 Å². The third kappa shape index (κ3) is 10.9. The van der Waals surface area contributed by atoms with Crippen LogP contribution in [0.4, 0.5) is 0 Å². The summed E-state index contributed by atoms with van der Waals surface area (Å²) in [5.41, 5.74) is -1.41. The number of hydrogen-bond acceptors (Lipinski definition) is 16. The summed E-state index contributed by atoms with van der Waals surface area (Å²) in [5, 5.41) is 21.0. The van der Waals surface area contributed by atoms with Crippen LogP contribution in [0.15, 0.2) is 36.5 Å². The van der Waals surface area contributed by atoms with Gasteiger partial charge < -0.3 is 43.4 Å². The quantitative estimate of drug-likeness (QED) is 0.145. The molecule has 9 aliphatic carbocycles. The molecule has 0 spiro atoms. The van der Waals surface area contributed by atoms with E-state index in [1.54, 1.807) is 13.8 Å². The van der Waals surface area contributed by atoms with Crippen molar-refractivity contribution in [2.75, 3.05) is 0 Å². The van der Waals surface area contributed by atoms with E-state index in [-0.39, 0.29) is 89.4 Å². The lowest BCUT2D eigenvalue weighted by Gasteiger charge is -2.62. The highest BCUT2D eigenvalue weighted by Gasteiger charge is 2.64. The lowest BCUT2D eigenvalue weighted by atomic mass is 9.50. The van der Waals surface area contributed by atoms with E-state index in [1.165, 1.54) is 13.8 Å². The van der Waals surface area contributed by atoms with Crippen molar-refractivity contribution in [2.45, 2.75) is 197 Å². The minimum atomic E-state index is -1.01. The molecule has 4 saturated heterocycles. The molecule has 13 atom stereocenters. The number of carbonyl (C=O) groups is 7. The van der Waals surface area contributed by atoms with E-state index >= 15 is 0 Å². The second-order valence-electron chi connectivity index (χ2n) is 22.6. The van der Waals surface area contributed by atoms with Crippen molar-refractivity contribution in [3.63, 3.8) is 0 Å². The van der Waals surface area contributed by atoms with Crippen LogP contribution in [0, 0.1) is 47.3 Å². The van der Waals surface area contributed by atoms with Gasteiger partial charge in [-0.3, -0.25) is 14.4 Å². The Balaban J connectivity index is 0.000000141. The standard InChI is InChI=1S/C21H28O6.C17H22O6.C14H20O4/c1-11(2)19(22)25-16-5-3-13(4-6-16)20(23)27-18-14-7-12-8-15(10-14)21(24)26-17(18)9-12;1-8(2)15(18)21-9(3)16(19)23-14-11-4-10-5-12(7-11)17(20)22-13(14)6-10;1-9(2)11(15)18-14-5-10-3-12(16,7-14)6-13(17,4-10)8-14/h12-18H,1,3-10H2,2H3;9-14H,1,4-7H2,2-3H3;10,16-17H,1,3-8H2,2H3. The molecule has 68 heavy (non-hydrogen) atoms. The van der Waals surface area contributed by atoms with E-state index in [1.807, 2.05) is 0 Å². The number of hydrogen-bond donors (Lipinski definition) is 2. The van der Waals surface area contributed by atoms with Gasteiger partial charge in [-0.15, -0.1) is 0 Å². The number of fused-ring (bicyclic) bond motifs is 2. The van der Waals surface area contributed by atoms with Gasteiger partial charge in [-0.25, -0.2) is 19.2 Å². The van der Waals surface area contributed by atoms with Crippen LogP contribution in [0.2, 0.25) is 0 Å². The van der Waals surface area contributed by atoms with Crippen LogP contribution in [0.3, 0.4) is 0 Å². The van der Waals surface area contributed by atoms with Crippen molar-refractivity contribution in [1.29, 1.82) is 0 Å².